The second kappa shape index (κ2) is 11.6. The van der Waals surface area contributed by atoms with Crippen LogP contribution in [0.4, 0.5) is 17.1 Å². The quantitative estimate of drug-likeness (QED) is 0.247. The van der Waals surface area contributed by atoms with Gasteiger partial charge in [-0.1, -0.05) is 45.8 Å². The number of carbonyl (C=O) groups excluding carboxylic acids is 1. The van der Waals surface area contributed by atoms with Crippen molar-refractivity contribution in [2.45, 2.75) is 23.6 Å². The summed E-state index contributed by atoms with van der Waals surface area (Å²) in [6.45, 7) is 3.21. The summed E-state index contributed by atoms with van der Waals surface area (Å²) in [7, 11) is -7.90. The number of anilines is 3. The molecule has 4 rings (SSSR count). The number of carbonyl (C=O) groups is 1. The molecule has 0 unspecified atom stereocenters. The second-order valence-corrected chi connectivity index (χ2v) is 13.3. The molecule has 1 amide bonds. The lowest BCUT2D eigenvalue weighted by molar-refractivity contribution is -0.114. The van der Waals surface area contributed by atoms with Crippen LogP contribution in [0.1, 0.15) is 11.1 Å². The van der Waals surface area contributed by atoms with E-state index in [1.54, 1.807) is 54.6 Å². The molecular weight excluding hydrogens is 602 g/mol. The van der Waals surface area contributed by atoms with Crippen molar-refractivity contribution >= 4 is 58.9 Å². The minimum Gasteiger partial charge on any atom is -0.325 e. The number of hydrogen-bond acceptors (Lipinski definition) is 5. The van der Waals surface area contributed by atoms with Gasteiger partial charge in [0, 0.05) is 15.8 Å². The second-order valence-electron chi connectivity index (χ2n) is 8.85. The molecule has 0 spiro atoms. The van der Waals surface area contributed by atoms with E-state index in [0.717, 1.165) is 19.9 Å². The molecule has 0 bridgehead atoms. The molecule has 0 radical (unpaired) electrons. The predicted octanol–water partition coefficient (Wildman–Crippen LogP) is 5.70. The van der Waals surface area contributed by atoms with E-state index in [0.29, 0.717) is 17.1 Å². The van der Waals surface area contributed by atoms with Gasteiger partial charge in [-0.05, 0) is 92.2 Å². The van der Waals surface area contributed by atoms with Gasteiger partial charge in [-0.3, -0.25) is 13.8 Å². The molecule has 0 aromatic heterocycles. The zero-order valence-electron chi connectivity index (χ0n) is 21.1. The highest BCUT2D eigenvalue weighted by Gasteiger charge is 2.27. The Morgan fingerprint density at radius 2 is 1.33 bits per heavy atom. The maximum absolute atomic E-state index is 13.5. The zero-order chi connectivity index (χ0) is 28.2. The largest absolute Gasteiger partial charge is 0.325 e. The van der Waals surface area contributed by atoms with Crippen molar-refractivity contribution in [1.82, 2.24) is 0 Å². The number of nitrogens with zero attached hydrogens (tertiary/aromatic N) is 1. The molecule has 0 saturated carbocycles. The topological polar surface area (TPSA) is 113 Å². The Bertz CT molecular complexity index is 1690. The van der Waals surface area contributed by atoms with Crippen LogP contribution in [0.2, 0.25) is 0 Å². The van der Waals surface area contributed by atoms with Gasteiger partial charge in [0.05, 0.1) is 15.5 Å². The first-order valence-corrected chi connectivity index (χ1v) is 15.5. The van der Waals surface area contributed by atoms with Crippen LogP contribution in [0.3, 0.4) is 0 Å². The smallest absolute Gasteiger partial charge is 0.264 e. The minimum atomic E-state index is -4.05. The van der Waals surface area contributed by atoms with Crippen LogP contribution in [0.5, 0.6) is 0 Å². The van der Waals surface area contributed by atoms with Crippen LogP contribution < -0.4 is 14.3 Å². The first-order chi connectivity index (χ1) is 18.4. The van der Waals surface area contributed by atoms with Gasteiger partial charge in [-0.2, -0.15) is 0 Å². The summed E-state index contributed by atoms with van der Waals surface area (Å²) >= 11 is 3.31. The van der Waals surface area contributed by atoms with Gasteiger partial charge in [-0.25, -0.2) is 16.8 Å². The Kier molecular flexibility index (Phi) is 8.43. The standard InChI is InChI=1S/C28H26BrN3O5S2/c1-20-6-14-27(15-7-20)39(36,37)32(25-5-3-4-21(2)18-25)19-28(33)30-23-12-16-26(17-13-23)38(34,35)31-24-10-8-22(29)9-11-24/h3-18,31H,19H2,1-2H3,(H,30,33). The van der Waals surface area contributed by atoms with Gasteiger partial charge in [0.1, 0.15) is 6.54 Å². The average Bonchev–Trinajstić information content (AvgIpc) is 2.89. The number of halogens is 1. The third-order valence-corrected chi connectivity index (χ3v) is 9.44. The molecule has 0 atom stereocenters. The molecule has 39 heavy (non-hydrogen) atoms. The van der Waals surface area contributed by atoms with Crippen LogP contribution in [0.15, 0.2) is 111 Å². The van der Waals surface area contributed by atoms with E-state index in [1.807, 2.05) is 19.9 Å². The van der Waals surface area contributed by atoms with Crippen molar-refractivity contribution in [3.8, 4) is 0 Å². The van der Waals surface area contributed by atoms with Gasteiger partial charge < -0.3 is 5.32 Å². The third kappa shape index (κ3) is 7.05. The summed E-state index contributed by atoms with van der Waals surface area (Å²) in [5.74, 6) is -0.587. The maximum atomic E-state index is 13.5. The number of nitrogens with one attached hydrogen (secondary N) is 2. The molecule has 4 aromatic carbocycles. The Hall–Kier alpha value is -3.67. The van der Waals surface area contributed by atoms with Gasteiger partial charge >= 0.3 is 0 Å². The summed E-state index contributed by atoms with van der Waals surface area (Å²) in [6.07, 6.45) is 0. The first-order valence-electron chi connectivity index (χ1n) is 11.8. The van der Waals surface area contributed by atoms with Gasteiger partial charge in [0.15, 0.2) is 0 Å². The van der Waals surface area contributed by atoms with E-state index < -0.39 is 32.5 Å². The zero-order valence-corrected chi connectivity index (χ0v) is 24.3. The SMILES string of the molecule is Cc1ccc(S(=O)(=O)N(CC(=O)Nc2ccc(S(=O)(=O)Nc3ccc(Br)cc3)cc2)c2cccc(C)c2)cc1. The highest BCUT2D eigenvalue weighted by Crippen LogP contribution is 2.25. The monoisotopic (exact) mass is 627 g/mol. The summed E-state index contributed by atoms with van der Waals surface area (Å²) in [6, 6.07) is 25.6. The van der Waals surface area contributed by atoms with E-state index in [2.05, 4.69) is 26.0 Å². The lowest BCUT2D eigenvalue weighted by Crippen LogP contribution is -2.38. The van der Waals surface area contributed by atoms with Crippen LogP contribution >= 0.6 is 15.9 Å². The van der Waals surface area contributed by atoms with Crippen LogP contribution in [-0.4, -0.2) is 29.3 Å². The fourth-order valence-electron chi connectivity index (χ4n) is 3.72. The summed E-state index contributed by atoms with van der Waals surface area (Å²) < 4.78 is 56.9. The number of hydrogen-bond donors (Lipinski definition) is 2. The molecule has 0 aliphatic heterocycles. The highest BCUT2D eigenvalue weighted by atomic mass is 79.9. The number of aryl methyl sites for hydroxylation is 2. The average molecular weight is 629 g/mol. The Morgan fingerprint density at radius 3 is 1.95 bits per heavy atom. The maximum Gasteiger partial charge on any atom is 0.264 e. The molecule has 0 aliphatic rings. The molecule has 2 N–H and O–H groups in total. The Labute approximate surface area is 236 Å². The van der Waals surface area contributed by atoms with Crippen molar-refractivity contribution in [1.29, 1.82) is 0 Å². The number of rotatable bonds is 9. The molecule has 0 fully saturated rings. The fourth-order valence-corrected chi connectivity index (χ4v) is 6.45. The van der Waals surface area contributed by atoms with E-state index in [-0.39, 0.29) is 9.79 Å². The first kappa shape index (κ1) is 28.3. The van der Waals surface area contributed by atoms with Crippen molar-refractivity contribution in [3.63, 3.8) is 0 Å². The minimum absolute atomic E-state index is 0.00625. The lowest BCUT2D eigenvalue weighted by atomic mass is 10.2. The van der Waals surface area contributed by atoms with E-state index >= 15 is 0 Å². The molecule has 0 saturated heterocycles. The summed E-state index contributed by atoms with van der Waals surface area (Å²) in [5, 5.41) is 2.66. The van der Waals surface area contributed by atoms with Crippen LogP contribution in [0.25, 0.3) is 0 Å². The van der Waals surface area contributed by atoms with Crippen molar-refractivity contribution in [2.75, 3.05) is 20.9 Å². The Balaban J connectivity index is 1.53. The summed E-state index contributed by atoms with van der Waals surface area (Å²) in [5.41, 5.74) is 2.82. The number of sulfonamides is 2. The lowest BCUT2D eigenvalue weighted by Gasteiger charge is -2.24. The van der Waals surface area contributed by atoms with Gasteiger partial charge in [0.2, 0.25) is 5.91 Å². The molecular formula is C28H26BrN3O5S2. The van der Waals surface area contributed by atoms with E-state index in [9.17, 15) is 21.6 Å². The normalized spacial score (nSPS) is 11.6. The fraction of sp³-hybridized carbons (Fsp3) is 0.107. The van der Waals surface area contributed by atoms with Crippen LogP contribution in [0, 0.1) is 13.8 Å². The van der Waals surface area contributed by atoms with Gasteiger partial charge in [-0.15, -0.1) is 0 Å². The third-order valence-electron chi connectivity index (χ3n) is 5.73. The molecule has 4 aromatic rings. The van der Waals surface area contributed by atoms with E-state index in [1.165, 1.54) is 36.4 Å². The number of amides is 1. The molecule has 0 aliphatic carbocycles. The van der Waals surface area contributed by atoms with Crippen molar-refractivity contribution in [3.05, 3.63) is 113 Å². The molecule has 202 valence electrons. The van der Waals surface area contributed by atoms with E-state index in [4.69, 9.17) is 0 Å². The molecule has 11 heteroatoms. The Morgan fingerprint density at radius 1 is 0.744 bits per heavy atom. The highest BCUT2D eigenvalue weighted by molar-refractivity contribution is 9.10. The predicted molar refractivity (Wildman–Crippen MR) is 157 cm³/mol. The van der Waals surface area contributed by atoms with Crippen molar-refractivity contribution < 1.29 is 21.6 Å². The molecule has 8 nitrogen and oxygen atoms in total. The van der Waals surface area contributed by atoms with Gasteiger partial charge in [0.25, 0.3) is 20.0 Å². The van der Waals surface area contributed by atoms with Crippen molar-refractivity contribution in [2.24, 2.45) is 0 Å². The van der Waals surface area contributed by atoms with Crippen LogP contribution in [-0.2, 0) is 24.8 Å². The number of benzene rings is 4. The summed E-state index contributed by atoms with van der Waals surface area (Å²) in [4.78, 5) is 13.1. The molecule has 0 heterocycles.